The molecule has 1 heterocycles. The molecule has 0 spiro atoms. The molecular formula is C15H16N2O2. The van der Waals surface area contributed by atoms with Crippen molar-refractivity contribution in [2.24, 2.45) is 0 Å². The van der Waals surface area contributed by atoms with Gasteiger partial charge in [-0.1, -0.05) is 6.42 Å². The highest BCUT2D eigenvalue weighted by Gasteiger charge is 2.19. The molecule has 0 radical (unpaired) electrons. The third kappa shape index (κ3) is 2.28. The largest absolute Gasteiger partial charge is 0.488 e. The minimum Gasteiger partial charge on any atom is -0.488 e. The van der Waals surface area contributed by atoms with Gasteiger partial charge in [-0.05, 0) is 37.8 Å². The number of hydrogen-bond donors (Lipinski definition) is 0. The number of hydrogen-bond acceptors (Lipinski definition) is 4. The molecule has 2 aromatic rings. The van der Waals surface area contributed by atoms with E-state index in [0.717, 1.165) is 18.6 Å². The topological polar surface area (TPSA) is 59.0 Å². The van der Waals surface area contributed by atoms with Crippen molar-refractivity contribution in [2.75, 3.05) is 0 Å². The Morgan fingerprint density at radius 3 is 2.84 bits per heavy atom. The molecule has 0 N–H and O–H groups in total. The Bertz CT molecular complexity index is 633. The lowest BCUT2D eigenvalue weighted by atomic mass is 9.98. The van der Waals surface area contributed by atoms with Crippen LogP contribution in [0.4, 0.5) is 0 Å². The van der Waals surface area contributed by atoms with Gasteiger partial charge in [-0.15, -0.1) is 0 Å². The SMILES string of the molecule is Cc1nc2c(OC3CCCCC3)ccc(C#N)c2o1. The molecule has 3 rings (SSSR count). The van der Waals surface area contributed by atoms with Gasteiger partial charge in [-0.2, -0.15) is 5.26 Å². The number of oxazole rings is 1. The van der Waals surface area contributed by atoms with Crippen molar-refractivity contribution >= 4 is 11.1 Å². The first-order chi connectivity index (χ1) is 9.28. The van der Waals surface area contributed by atoms with Crippen LogP contribution in [0.2, 0.25) is 0 Å². The summed E-state index contributed by atoms with van der Waals surface area (Å²) < 4.78 is 11.6. The van der Waals surface area contributed by atoms with Crippen molar-refractivity contribution in [1.82, 2.24) is 4.98 Å². The van der Waals surface area contributed by atoms with E-state index in [1.54, 1.807) is 13.0 Å². The molecule has 0 aliphatic heterocycles. The fourth-order valence-electron chi connectivity index (χ4n) is 2.64. The molecule has 1 aliphatic rings. The average Bonchev–Trinajstić information content (AvgIpc) is 2.82. The predicted octanol–water partition coefficient (Wildman–Crippen LogP) is 3.72. The summed E-state index contributed by atoms with van der Waals surface area (Å²) in [6, 6.07) is 5.70. The van der Waals surface area contributed by atoms with Gasteiger partial charge in [0, 0.05) is 6.92 Å². The molecule has 1 aliphatic carbocycles. The molecule has 4 heteroatoms. The Morgan fingerprint density at radius 1 is 1.32 bits per heavy atom. The molecule has 1 aromatic heterocycles. The molecule has 98 valence electrons. The van der Waals surface area contributed by atoms with Crippen molar-refractivity contribution in [3.8, 4) is 11.8 Å². The van der Waals surface area contributed by atoms with Crippen LogP contribution in [0.3, 0.4) is 0 Å². The van der Waals surface area contributed by atoms with Crippen LogP contribution >= 0.6 is 0 Å². The van der Waals surface area contributed by atoms with E-state index in [4.69, 9.17) is 14.4 Å². The third-order valence-electron chi connectivity index (χ3n) is 3.58. The maximum Gasteiger partial charge on any atom is 0.192 e. The van der Waals surface area contributed by atoms with Crippen molar-refractivity contribution in [3.05, 3.63) is 23.6 Å². The number of nitrogens with zero attached hydrogens (tertiary/aromatic N) is 2. The van der Waals surface area contributed by atoms with Crippen molar-refractivity contribution in [2.45, 2.75) is 45.1 Å². The van der Waals surface area contributed by atoms with Gasteiger partial charge in [0.2, 0.25) is 0 Å². The molecule has 1 saturated carbocycles. The van der Waals surface area contributed by atoms with Gasteiger partial charge in [0.1, 0.15) is 11.8 Å². The van der Waals surface area contributed by atoms with Gasteiger partial charge < -0.3 is 9.15 Å². The van der Waals surface area contributed by atoms with Gasteiger partial charge >= 0.3 is 0 Å². The van der Waals surface area contributed by atoms with E-state index < -0.39 is 0 Å². The number of rotatable bonds is 2. The molecular weight excluding hydrogens is 240 g/mol. The Kier molecular flexibility index (Phi) is 3.12. The number of aromatic nitrogens is 1. The highest BCUT2D eigenvalue weighted by molar-refractivity contribution is 5.85. The number of nitriles is 1. The first kappa shape index (κ1) is 12.0. The summed E-state index contributed by atoms with van der Waals surface area (Å²) in [5.74, 6) is 1.30. The minimum atomic E-state index is 0.266. The van der Waals surface area contributed by atoms with E-state index in [1.807, 2.05) is 6.07 Å². The summed E-state index contributed by atoms with van der Waals surface area (Å²) in [5.41, 5.74) is 1.71. The Balaban J connectivity index is 1.97. The Hall–Kier alpha value is -2.02. The second-order valence-corrected chi connectivity index (χ2v) is 5.01. The molecule has 1 aromatic carbocycles. The smallest absolute Gasteiger partial charge is 0.192 e. The summed E-state index contributed by atoms with van der Waals surface area (Å²) in [4.78, 5) is 4.34. The van der Waals surface area contributed by atoms with E-state index in [-0.39, 0.29) is 6.10 Å². The lowest BCUT2D eigenvalue weighted by Crippen LogP contribution is -2.19. The predicted molar refractivity (Wildman–Crippen MR) is 71.0 cm³/mol. The zero-order valence-electron chi connectivity index (χ0n) is 11.0. The second-order valence-electron chi connectivity index (χ2n) is 5.01. The summed E-state index contributed by atoms with van der Waals surface area (Å²) in [5, 5.41) is 9.08. The van der Waals surface area contributed by atoms with Crippen LogP contribution in [0, 0.1) is 18.3 Å². The molecule has 4 nitrogen and oxygen atoms in total. The molecule has 0 amide bonds. The fraction of sp³-hybridized carbons (Fsp3) is 0.467. The highest BCUT2D eigenvalue weighted by atomic mass is 16.5. The van der Waals surface area contributed by atoms with E-state index in [0.29, 0.717) is 22.6 Å². The molecule has 0 atom stereocenters. The second kappa shape index (κ2) is 4.93. The fourth-order valence-corrected chi connectivity index (χ4v) is 2.64. The average molecular weight is 256 g/mol. The first-order valence-electron chi connectivity index (χ1n) is 6.75. The number of aryl methyl sites for hydroxylation is 1. The van der Waals surface area contributed by atoms with Crippen molar-refractivity contribution in [1.29, 1.82) is 5.26 Å². The zero-order valence-corrected chi connectivity index (χ0v) is 11.0. The maximum absolute atomic E-state index is 9.08. The van der Waals surface area contributed by atoms with E-state index in [2.05, 4.69) is 11.1 Å². The highest BCUT2D eigenvalue weighted by Crippen LogP contribution is 2.31. The zero-order chi connectivity index (χ0) is 13.2. The van der Waals surface area contributed by atoms with Gasteiger partial charge in [0.05, 0.1) is 11.7 Å². The summed E-state index contributed by atoms with van der Waals surface area (Å²) in [6.45, 7) is 1.78. The van der Waals surface area contributed by atoms with E-state index in [1.165, 1.54) is 19.3 Å². The van der Waals surface area contributed by atoms with Crippen LogP contribution in [0.5, 0.6) is 5.75 Å². The van der Waals surface area contributed by atoms with Crippen LogP contribution in [-0.4, -0.2) is 11.1 Å². The van der Waals surface area contributed by atoms with Crippen molar-refractivity contribution < 1.29 is 9.15 Å². The van der Waals surface area contributed by atoms with Gasteiger partial charge in [0.15, 0.2) is 17.0 Å². The first-order valence-corrected chi connectivity index (χ1v) is 6.75. The van der Waals surface area contributed by atoms with Crippen LogP contribution in [0.15, 0.2) is 16.5 Å². The quantitative estimate of drug-likeness (QED) is 0.821. The minimum absolute atomic E-state index is 0.266. The number of benzene rings is 1. The van der Waals surface area contributed by atoms with E-state index in [9.17, 15) is 0 Å². The van der Waals surface area contributed by atoms with Crippen molar-refractivity contribution in [3.63, 3.8) is 0 Å². The van der Waals surface area contributed by atoms with Crippen LogP contribution < -0.4 is 4.74 Å². The third-order valence-corrected chi connectivity index (χ3v) is 3.58. The normalized spacial score (nSPS) is 16.4. The van der Waals surface area contributed by atoms with Crippen LogP contribution in [-0.2, 0) is 0 Å². The van der Waals surface area contributed by atoms with Crippen LogP contribution in [0.25, 0.3) is 11.1 Å². The standard InChI is InChI=1S/C15H16N2O2/c1-10-17-14-13(19-12-5-3-2-4-6-12)8-7-11(9-16)15(14)18-10/h7-8,12H,2-6H2,1H3. The maximum atomic E-state index is 9.08. The van der Waals surface area contributed by atoms with Gasteiger partial charge in [-0.3, -0.25) is 0 Å². The molecule has 0 bridgehead atoms. The van der Waals surface area contributed by atoms with Crippen LogP contribution in [0.1, 0.15) is 43.6 Å². The molecule has 19 heavy (non-hydrogen) atoms. The molecule has 0 saturated heterocycles. The molecule has 0 unspecified atom stereocenters. The molecule has 1 fully saturated rings. The number of fused-ring (bicyclic) bond motifs is 1. The lowest BCUT2D eigenvalue weighted by Gasteiger charge is -2.22. The van der Waals surface area contributed by atoms with E-state index >= 15 is 0 Å². The monoisotopic (exact) mass is 256 g/mol. The summed E-state index contributed by atoms with van der Waals surface area (Å²) in [6.07, 6.45) is 6.20. The summed E-state index contributed by atoms with van der Waals surface area (Å²) >= 11 is 0. The lowest BCUT2D eigenvalue weighted by molar-refractivity contribution is 0.157. The van der Waals surface area contributed by atoms with Gasteiger partial charge in [-0.25, -0.2) is 4.98 Å². The Labute approximate surface area is 112 Å². The Morgan fingerprint density at radius 2 is 2.11 bits per heavy atom. The number of ether oxygens (including phenoxy) is 1. The van der Waals surface area contributed by atoms with Gasteiger partial charge in [0.25, 0.3) is 0 Å². The summed E-state index contributed by atoms with van der Waals surface area (Å²) in [7, 11) is 0.